The maximum atomic E-state index is 14.0. The molecule has 0 unspecified atom stereocenters. The van der Waals surface area contributed by atoms with Crippen LogP contribution in [-0.4, -0.2) is 61.8 Å². The van der Waals surface area contributed by atoms with Gasteiger partial charge >= 0.3 is 6.09 Å². The maximum absolute atomic E-state index is 14.0. The lowest BCUT2D eigenvalue weighted by Crippen LogP contribution is -2.52. The number of hydrogen-bond donors (Lipinski definition) is 3. The number of nitrogens with zero attached hydrogens (tertiary/aromatic N) is 4. The largest absolute Gasteiger partial charge is 0.465 e. The molecule has 8 nitrogen and oxygen atoms in total. The van der Waals surface area contributed by atoms with Crippen molar-refractivity contribution in [3.05, 3.63) is 12.4 Å². The molecule has 0 saturated carbocycles. The zero-order chi connectivity index (χ0) is 15.7. The number of halogens is 2. The third-order valence-corrected chi connectivity index (χ3v) is 3.71. The fourth-order valence-electron chi connectivity index (χ4n) is 2.44. The minimum Gasteiger partial charge on any atom is -0.465 e. The topological polar surface area (TPSA) is 107 Å². The van der Waals surface area contributed by atoms with E-state index in [1.807, 2.05) is 0 Å². The van der Waals surface area contributed by atoms with E-state index in [1.165, 1.54) is 0 Å². The highest BCUT2D eigenvalue weighted by Gasteiger charge is 2.45. The van der Waals surface area contributed by atoms with Crippen molar-refractivity contribution >= 4 is 23.1 Å². The van der Waals surface area contributed by atoms with Crippen LogP contribution in [0.15, 0.2) is 12.4 Å². The van der Waals surface area contributed by atoms with Crippen LogP contribution >= 0.6 is 0 Å². The minimum atomic E-state index is -3.08. The van der Waals surface area contributed by atoms with E-state index >= 15 is 0 Å². The van der Waals surface area contributed by atoms with Gasteiger partial charge in [0.2, 0.25) is 5.95 Å². The van der Waals surface area contributed by atoms with Crippen molar-refractivity contribution in [2.75, 3.05) is 25.0 Å². The molecule has 1 saturated heterocycles. The molecule has 2 aromatic rings. The number of aromatic nitrogens is 4. The predicted molar refractivity (Wildman–Crippen MR) is 72.8 cm³/mol. The van der Waals surface area contributed by atoms with Crippen LogP contribution in [0.1, 0.15) is 6.42 Å². The molecule has 1 aliphatic rings. The van der Waals surface area contributed by atoms with Crippen LogP contribution in [-0.2, 0) is 0 Å². The molecule has 1 aliphatic heterocycles. The Kier molecular flexibility index (Phi) is 3.51. The van der Waals surface area contributed by atoms with Gasteiger partial charge in [-0.05, 0) is 6.42 Å². The standard InChI is InChI=1S/C12H14F2N6O2/c13-12(14)6-20(11(21)22)2-1-8(12)5-16-10-15-3-7-4-17-19-9(7)18-10/h3-4,8H,1-2,5-6H2,(H,21,22)(H2,15,16,17,18,19)/t8-/m1/s1. The molecule has 0 bridgehead atoms. The number of anilines is 1. The number of carbonyl (C=O) groups is 1. The Bertz CT molecular complexity index is 691. The zero-order valence-corrected chi connectivity index (χ0v) is 11.5. The van der Waals surface area contributed by atoms with Crippen LogP contribution in [0.2, 0.25) is 0 Å². The number of carboxylic acid groups (broad SMARTS) is 1. The van der Waals surface area contributed by atoms with Gasteiger partial charge in [0, 0.05) is 25.2 Å². The maximum Gasteiger partial charge on any atom is 0.407 e. The van der Waals surface area contributed by atoms with E-state index in [0.717, 1.165) is 10.3 Å². The summed E-state index contributed by atoms with van der Waals surface area (Å²) in [6.45, 7) is -0.715. The second kappa shape index (κ2) is 5.35. The smallest absolute Gasteiger partial charge is 0.407 e. The van der Waals surface area contributed by atoms with Gasteiger partial charge in [0.15, 0.2) is 5.65 Å². The van der Waals surface area contributed by atoms with Crippen molar-refractivity contribution in [3.8, 4) is 0 Å². The van der Waals surface area contributed by atoms with Gasteiger partial charge in [-0.2, -0.15) is 10.1 Å². The molecule has 0 spiro atoms. The fraction of sp³-hybridized carbons (Fsp3) is 0.500. The first-order valence-electron chi connectivity index (χ1n) is 6.71. The van der Waals surface area contributed by atoms with Gasteiger partial charge in [-0.3, -0.25) is 5.10 Å². The molecule has 10 heteroatoms. The Balaban J connectivity index is 1.64. The molecular weight excluding hydrogens is 298 g/mol. The fourth-order valence-corrected chi connectivity index (χ4v) is 2.44. The average molecular weight is 312 g/mol. The molecule has 3 rings (SSSR count). The predicted octanol–water partition coefficient (Wildman–Crippen LogP) is 1.40. The summed E-state index contributed by atoms with van der Waals surface area (Å²) in [6.07, 6.45) is 1.87. The molecule has 118 valence electrons. The lowest BCUT2D eigenvalue weighted by molar-refractivity contribution is -0.0992. The van der Waals surface area contributed by atoms with Crippen LogP contribution < -0.4 is 5.32 Å². The summed E-state index contributed by atoms with van der Waals surface area (Å²) in [7, 11) is 0. The average Bonchev–Trinajstić information content (AvgIpc) is 2.92. The SMILES string of the molecule is O=C(O)N1CC[C@H](CNc2ncc3cn[nH]c3n2)C(F)(F)C1. The summed E-state index contributed by atoms with van der Waals surface area (Å²) in [5, 5.41) is 18.8. The normalized spacial score (nSPS) is 21.0. The van der Waals surface area contributed by atoms with Crippen molar-refractivity contribution in [2.45, 2.75) is 12.3 Å². The lowest BCUT2D eigenvalue weighted by atomic mass is 9.93. The first-order valence-corrected chi connectivity index (χ1v) is 6.71. The first kappa shape index (κ1) is 14.4. The van der Waals surface area contributed by atoms with Crippen molar-refractivity contribution < 1.29 is 18.7 Å². The number of amides is 1. The highest BCUT2D eigenvalue weighted by atomic mass is 19.3. The number of hydrogen-bond acceptors (Lipinski definition) is 5. The van der Waals surface area contributed by atoms with E-state index in [4.69, 9.17) is 5.11 Å². The summed E-state index contributed by atoms with van der Waals surface area (Å²) in [5.74, 6) is -3.82. The first-order chi connectivity index (χ1) is 10.5. The second-order valence-electron chi connectivity index (χ2n) is 5.20. The van der Waals surface area contributed by atoms with E-state index in [-0.39, 0.29) is 25.5 Å². The molecule has 1 atom stereocenters. The Hall–Kier alpha value is -2.52. The number of nitrogens with one attached hydrogen (secondary N) is 2. The number of likely N-dealkylation sites (tertiary alicyclic amines) is 1. The number of aromatic amines is 1. The third-order valence-electron chi connectivity index (χ3n) is 3.71. The molecule has 22 heavy (non-hydrogen) atoms. The van der Waals surface area contributed by atoms with Crippen molar-refractivity contribution in [1.82, 2.24) is 25.1 Å². The van der Waals surface area contributed by atoms with Gasteiger partial charge < -0.3 is 15.3 Å². The third kappa shape index (κ3) is 2.76. The molecule has 3 heterocycles. The lowest BCUT2D eigenvalue weighted by Gasteiger charge is -2.36. The van der Waals surface area contributed by atoms with Crippen LogP contribution in [0.25, 0.3) is 11.0 Å². The van der Waals surface area contributed by atoms with Gasteiger partial charge in [0.05, 0.1) is 18.1 Å². The van der Waals surface area contributed by atoms with E-state index < -0.39 is 24.5 Å². The Morgan fingerprint density at radius 1 is 1.55 bits per heavy atom. The molecule has 0 aliphatic carbocycles. The van der Waals surface area contributed by atoms with Gasteiger partial charge in [-0.1, -0.05) is 0 Å². The van der Waals surface area contributed by atoms with Gasteiger partial charge in [0.25, 0.3) is 5.92 Å². The summed E-state index contributed by atoms with van der Waals surface area (Å²) in [4.78, 5) is 19.7. The van der Waals surface area contributed by atoms with E-state index in [0.29, 0.717) is 5.65 Å². The van der Waals surface area contributed by atoms with E-state index in [2.05, 4.69) is 25.5 Å². The van der Waals surface area contributed by atoms with Gasteiger partial charge in [-0.15, -0.1) is 0 Å². The molecule has 1 amide bonds. The quantitative estimate of drug-likeness (QED) is 0.791. The Morgan fingerprint density at radius 3 is 3.09 bits per heavy atom. The monoisotopic (exact) mass is 312 g/mol. The number of piperidine rings is 1. The second-order valence-corrected chi connectivity index (χ2v) is 5.20. The van der Waals surface area contributed by atoms with Crippen molar-refractivity contribution in [1.29, 1.82) is 0 Å². The van der Waals surface area contributed by atoms with E-state index in [9.17, 15) is 13.6 Å². The number of H-pyrrole nitrogens is 1. The van der Waals surface area contributed by atoms with Crippen molar-refractivity contribution in [2.24, 2.45) is 5.92 Å². The Morgan fingerprint density at radius 2 is 2.36 bits per heavy atom. The van der Waals surface area contributed by atoms with Crippen LogP contribution in [0.5, 0.6) is 0 Å². The zero-order valence-electron chi connectivity index (χ0n) is 11.5. The molecule has 3 N–H and O–H groups in total. The van der Waals surface area contributed by atoms with Gasteiger partial charge in [-0.25, -0.2) is 18.6 Å². The summed E-state index contributed by atoms with van der Waals surface area (Å²) < 4.78 is 28.0. The van der Waals surface area contributed by atoms with Crippen LogP contribution in [0.3, 0.4) is 0 Å². The summed E-state index contributed by atoms with van der Waals surface area (Å²) in [5.41, 5.74) is 0.518. The highest BCUT2D eigenvalue weighted by Crippen LogP contribution is 2.33. The number of alkyl halides is 2. The summed E-state index contributed by atoms with van der Waals surface area (Å²) >= 11 is 0. The highest BCUT2D eigenvalue weighted by molar-refractivity contribution is 5.73. The molecule has 1 fully saturated rings. The van der Waals surface area contributed by atoms with Gasteiger partial charge in [0.1, 0.15) is 0 Å². The molecular formula is C12H14F2N6O2. The Labute approximate surface area is 123 Å². The van der Waals surface area contributed by atoms with E-state index in [1.54, 1.807) is 12.4 Å². The van der Waals surface area contributed by atoms with Crippen LogP contribution in [0.4, 0.5) is 19.5 Å². The van der Waals surface area contributed by atoms with Crippen LogP contribution in [0, 0.1) is 5.92 Å². The minimum absolute atomic E-state index is 0.0277. The molecule has 2 aromatic heterocycles. The molecule has 0 radical (unpaired) electrons. The molecule has 0 aromatic carbocycles. The van der Waals surface area contributed by atoms with Crippen molar-refractivity contribution in [3.63, 3.8) is 0 Å². The number of fused-ring (bicyclic) bond motifs is 1. The summed E-state index contributed by atoms with van der Waals surface area (Å²) in [6, 6.07) is 0. The number of rotatable bonds is 3.